The van der Waals surface area contributed by atoms with E-state index in [0.29, 0.717) is 12.6 Å². The number of β-amino-alcohol motifs (C(OH)–C–C–N with tert-alkyl or cyclic N) is 1. The molecule has 0 radical (unpaired) electrons. The van der Waals surface area contributed by atoms with E-state index in [0.717, 1.165) is 12.8 Å². The van der Waals surface area contributed by atoms with Crippen LogP contribution in [-0.2, 0) is 0 Å². The van der Waals surface area contributed by atoms with Gasteiger partial charge in [0.1, 0.15) is 5.54 Å². The highest BCUT2D eigenvalue weighted by Crippen LogP contribution is 2.41. The van der Waals surface area contributed by atoms with Gasteiger partial charge in [0.25, 0.3) is 0 Å². The molecule has 0 unspecified atom stereocenters. The largest absolute Gasteiger partial charge is 0.395 e. The predicted molar refractivity (Wildman–Crippen MR) is 46.5 cm³/mol. The number of hydrogen-bond donors (Lipinski definition) is 1. The van der Waals surface area contributed by atoms with E-state index in [9.17, 15) is 0 Å². The van der Waals surface area contributed by atoms with Crippen LogP contribution in [0.5, 0.6) is 0 Å². The van der Waals surface area contributed by atoms with E-state index in [1.165, 1.54) is 0 Å². The first-order valence-corrected chi connectivity index (χ1v) is 4.45. The summed E-state index contributed by atoms with van der Waals surface area (Å²) in [4.78, 5) is 2.09. The molecule has 0 aromatic heterocycles. The van der Waals surface area contributed by atoms with Crippen molar-refractivity contribution in [2.45, 2.75) is 38.3 Å². The maximum Gasteiger partial charge on any atom is 0.109 e. The molecule has 0 atom stereocenters. The molecule has 3 heteroatoms. The molecule has 1 aliphatic carbocycles. The molecule has 0 aromatic rings. The second kappa shape index (κ2) is 3.42. The highest BCUT2D eigenvalue weighted by Gasteiger charge is 2.49. The minimum atomic E-state index is -0.239. The number of nitriles is 1. The first kappa shape index (κ1) is 9.50. The van der Waals surface area contributed by atoms with Gasteiger partial charge in [-0.15, -0.1) is 0 Å². The second-order valence-corrected chi connectivity index (χ2v) is 3.65. The molecular formula is C9H16N2O. The maximum absolute atomic E-state index is 8.93. The van der Waals surface area contributed by atoms with Gasteiger partial charge in [0, 0.05) is 12.6 Å². The van der Waals surface area contributed by atoms with Gasteiger partial charge in [-0.25, -0.2) is 0 Å². The van der Waals surface area contributed by atoms with E-state index in [1.807, 2.05) is 0 Å². The van der Waals surface area contributed by atoms with Gasteiger partial charge in [0.2, 0.25) is 0 Å². The number of hydrogen-bond acceptors (Lipinski definition) is 3. The smallest absolute Gasteiger partial charge is 0.109 e. The van der Waals surface area contributed by atoms with Gasteiger partial charge in [-0.2, -0.15) is 5.26 Å². The van der Waals surface area contributed by atoms with Crippen molar-refractivity contribution in [2.24, 2.45) is 0 Å². The molecule has 68 valence electrons. The van der Waals surface area contributed by atoms with Gasteiger partial charge in [-0.1, -0.05) is 0 Å². The molecule has 0 heterocycles. The predicted octanol–water partition coefficient (Wildman–Crippen LogP) is 0.745. The molecule has 0 amide bonds. The Morgan fingerprint density at radius 2 is 2.17 bits per heavy atom. The molecule has 0 aromatic carbocycles. The van der Waals surface area contributed by atoms with Crippen LogP contribution in [0.15, 0.2) is 0 Å². The van der Waals surface area contributed by atoms with Crippen LogP contribution >= 0.6 is 0 Å². The average Bonchev–Trinajstić information content (AvgIpc) is 2.80. The second-order valence-electron chi connectivity index (χ2n) is 3.65. The van der Waals surface area contributed by atoms with Crippen molar-refractivity contribution in [3.8, 4) is 6.07 Å². The van der Waals surface area contributed by atoms with E-state index < -0.39 is 0 Å². The van der Waals surface area contributed by atoms with Gasteiger partial charge in [-0.3, -0.25) is 4.90 Å². The first-order chi connectivity index (χ1) is 5.66. The van der Waals surface area contributed by atoms with Crippen molar-refractivity contribution in [1.82, 2.24) is 4.90 Å². The molecule has 0 saturated heterocycles. The molecule has 0 spiro atoms. The molecule has 12 heavy (non-hydrogen) atoms. The topological polar surface area (TPSA) is 47.3 Å². The summed E-state index contributed by atoms with van der Waals surface area (Å²) in [5, 5.41) is 17.8. The quantitative estimate of drug-likeness (QED) is 0.673. The highest BCUT2D eigenvalue weighted by molar-refractivity contribution is 5.19. The third kappa shape index (κ3) is 1.60. The summed E-state index contributed by atoms with van der Waals surface area (Å²) in [6.07, 6.45) is 1.92. The van der Waals surface area contributed by atoms with Crippen LogP contribution in [0.1, 0.15) is 26.7 Å². The fourth-order valence-corrected chi connectivity index (χ4v) is 1.66. The van der Waals surface area contributed by atoms with Crippen LogP contribution in [-0.4, -0.2) is 34.7 Å². The van der Waals surface area contributed by atoms with E-state index in [-0.39, 0.29) is 12.1 Å². The van der Waals surface area contributed by atoms with Crippen LogP contribution in [0, 0.1) is 11.3 Å². The summed E-state index contributed by atoms with van der Waals surface area (Å²) in [6.45, 7) is 4.88. The monoisotopic (exact) mass is 168 g/mol. The Morgan fingerprint density at radius 1 is 1.58 bits per heavy atom. The lowest BCUT2D eigenvalue weighted by molar-refractivity contribution is 0.130. The lowest BCUT2D eigenvalue weighted by Crippen LogP contribution is -2.43. The molecule has 1 fully saturated rings. The molecule has 0 bridgehead atoms. The highest BCUT2D eigenvalue weighted by atomic mass is 16.3. The summed E-state index contributed by atoms with van der Waals surface area (Å²) < 4.78 is 0. The number of aliphatic hydroxyl groups excluding tert-OH is 1. The van der Waals surface area contributed by atoms with Crippen LogP contribution in [0.25, 0.3) is 0 Å². The molecule has 1 rings (SSSR count). The van der Waals surface area contributed by atoms with E-state index in [2.05, 4.69) is 24.8 Å². The summed E-state index contributed by atoms with van der Waals surface area (Å²) in [6, 6.07) is 2.68. The third-order valence-electron chi connectivity index (χ3n) is 2.45. The van der Waals surface area contributed by atoms with Crippen molar-refractivity contribution in [1.29, 1.82) is 5.26 Å². The Kier molecular flexibility index (Phi) is 2.71. The van der Waals surface area contributed by atoms with Gasteiger partial charge in [0.15, 0.2) is 0 Å². The summed E-state index contributed by atoms with van der Waals surface area (Å²) in [7, 11) is 0. The summed E-state index contributed by atoms with van der Waals surface area (Å²) in [5.74, 6) is 0. The minimum absolute atomic E-state index is 0.140. The van der Waals surface area contributed by atoms with Crippen LogP contribution < -0.4 is 0 Å². The Hall–Kier alpha value is -0.590. The van der Waals surface area contributed by atoms with Crippen LogP contribution in [0.4, 0.5) is 0 Å². The molecule has 1 saturated carbocycles. The van der Waals surface area contributed by atoms with Gasteiger partial charge in [0.05, 0.1) is 12.7 Å². The van der Waals surface area contributed by atoms with E-state index in [1.54, 1.807) is 0 Å². The molecule has 3 nitrogen and oxygen atoms in total. The van der Waals surface area contributed by atoms with Crippen molar-refractivity contribution in [2.75, 3.05) is 13.2 Å². The average molecular weight is 168 g/mol. The molecule has 0 aliphatic heterocycles. The van der Waals surface area contributed by atoms with Gasteiger partial charge in [-0.05, 0) is 26.7 Å². The lowest BCUT2D eigenvalue weighted by atomic mass is 10.2. The fourth-order valence-electron chi connectivity index (χ4n) is 1.66. The van der Waals surface area contributed by atoms with Gasteiger partial charge < -0.3 is 5.11 Å². The Balaban J connectivity index is 2.60. The van der Waals surface area contributed by atoms with Crippen molar-refractivity contribution in [3.63, 3.8) is 0 Å². The Bertz CT molecular complexity index is 191. The van der Waals surface area contributed by atoms with Crippen LogP contribution in [0.2, 0.25) is 0 Å². The lowest BCUT2D eigenvalue weighted by Gasteiger charge is -2.30. The molecule has 1 aliphatic rings. The minimum Gasteiger partial charge on any atom is -0.395 e. The van der Waals surface area contributed by atoms with Crippen molar-refractivity contribution < 1.29 is 5.11 Å². The zero-order chi connectivity index (χ0) is 9.19. The number of rotatable bonds is 4. The normalized spacial score (nSPS) is 19.7. The fraction of sp³-hybridized carbons (Fsp3) is 0.889. The summed E-state index contributed by atoms with van der Waals surface area (Å²) >= 11 is 0. The molecule has 1 N–H and O–H groups in total. The maximum atomic E-state index is 8.93. The summed E-state index contributed by atoms with van der Waals surface area (Å²) in [5.41, 5.74) is -0.239. The first-order valence-electron chi connectivity index (χ1n) is 4.45. The zero-order valence-electron chi connectivity index (χ0n) is 7.75. The number of aliphatic hydroxyl groups is 1. The standard InChI is InChI=1S/C9H16N2O/c1-8(2)11(5-6-12)9(7-10)3-4-9/h8,12H,3-6H2,1-2H3. The SMILES string of the molecule is CC(C)N(CCO)C1(C#N)CC1. The Morgan fingerprint density at radius 3 is 2.42 bits per heavy atom. The number of nitrogens with zero attached hydrogens (tertiary/aromatic N) is 2. The van der Waals surface area contributed by atoms with E-state index >= 15 is 0 Å². The molecular weight excluding hydrogens is 152 g/mol. The van der Waals surface area contributed by atoms with Crippen LogP contribution in [0.3, 0.4) is 0 Å². The Labute approximate surface area is 73.6 Å². The van der Waals surface area contributed by atoms with E-state index in [4.69, 9.17) is 10.4 Å². The van der Waals surface area contributed by atoms with Gasteiger partial charge >= 0.3 is 0 Å². The van der Waals surface area contributed by atoms with Crippen molar-refractivity contribution >= 4 is 0 Å². The van der Waals surface area contributed by atoms with Crippen molar-refractivity contribution in [3.05, 3.63) is 0 Å². The third-order valence-corrected chi connectivity index (χ3v) is 2.45. The zero-order valence-corrected chi connectivity index (χ0v) is 7.75.